The minimum atomic E-state index is -0.379. The number of hydrogen-bond acceptors (Lipinski definition) is 3. The van der Waals surface area contributed by atoms with Gasteiger partial charge >= 0.3 is 0 Å². The second-order valence-corrected chi connectivity index (χ2v) is 7.97. The molecule has 0 aliphatic heterocycles. The predicted molar refractivity (Wildman–Crippen MR) is 117 cm³/mol. The highest BCUT2D eigenvalue weighted by atomic mass is 35.5. The van der Waals surface area contributed by atoms with Crippen LogP contribution in [0.5, 0.6) is 11.5 Å². The molecule has 1 aliphatic carbocycles. The molecule has 0 radical (unpaired) electrons. The number of allylic oxidation sites excluding steroid dienone is 1. The number of rotatable bonds is 9. The summed E-state index contributed by atoms with van der Waals surface area (Å²) in [6.07, 6.45) is 8.51. The molecule has 6 heteroatoms. The Bertz CT molecular complexity index is 870. The van der Waals surface area contributed by atoms with Crippen molar-refractivity contribution in [1.82, 2.24) is 5.32 Å². The van der Waals surface area contributed by atoms with Crippen LogP contribution in [0.15, 0.2) is 42.0 Å². The van der Waals surface area contributed by atoms with E-state index in [1.807, 2.05) is 6.07 Å². The smallest absolute Gasteiger partial charge is 0.163 e. The monoisotopic (exact) mass is 437 g/mol. The number of halogens is 3. The van der Waals surface area contributed by atoms with Gasteiger partial charge in [0.1, 0.15) is 12.4 Å². The summed E-state index contributed by atoms with van der Waals surface area (Å²) < 4.78 is 24.5. The molecule has 0 unspecified atom stereocenters. The van der Waals surface area contributed by atoms with Gasteiger partial charge in [-0.15, -0.1) is 0 Å². The Kier molecular flexibility index (Phi) is 8.22. The van der Waals surface area contributed by atoms with E-state index in [1.54, 1.807) is 24.8 Å². The quantitative estimate of drug-likeness (QED) is 0.349. The zero-order valence-electron chi connectivity index (χ0n) is 16.6. The van der Waals surface area contributed by atoms with Gasteiger partial charge in [0.25, 0.3) is 0 Å². The van der Waals surface area contributed by atoms with Gasteiger partial charge in [-0.25, -0.2) is 4.39 Å². The zero-order valence-corrected chi connectivity index (χ0v) is 18.1. The van der Waals surface area contributed by atoms with E-state index in [-0.39, 0.29) is 12.4 Å². The van der Waals surface area contributed by atoms with Crippen LogP contribution in [0.1, 0.15) is 43.2 Å². The Balaban J connectivity index is 1.58. The number of hydrogen-bond donors (Lipinski definition) is 1. The highest BCUT2D eigenvalue weighted by Gasteiger charge is 2.12. The average Bonchev–Trinajstić information content (AvgIpc) is 2.72. The lowest BCUT2D eigenvalue weighted by Crippen LogP contribution is -2.16. The minimum absolute atomic E-state index is 0.193. The molecule has 0 amide bonds. The molecular weight excluding hydrogens is 412 g/mol. The fraction of sp³-hybridized carbons (Fsp3) is 0.391. The Morgan fingerprint density at radius 3 is 2.59 bits per heavy atom. The van der Waals surface area contributed by atoms with Crippen LogP contribution in [0.25, 0.3) is 0 Å². The van der Waals surface area contributed by atoms with Crippen molar-refractivity contribution in [3.8, 4) is 11.5 Å². The van der Waals surface area contributed by atoms with Crippen LogP contribution in [0.3, 0.4) is 0 Å². The van der Waals surface area contributed by atoms with Crippen LogP contribution in [-0.4, -0.2) is 13.7 Å². The summed E-state index contributed by atoms with van der Waals surface area (Å²) in [7, 11) is 1.59. The molecule has 0 saturated heterocycles. The summed E-state index contributed by atoms with van der Waals surface area (Å²) in [6, 6.07) is 7.86. The average molecular weight is 438 g/mol. The van der Waals surface area contributed by atoms with Crippen molar-refractivity contribution in [3.63, 3.8) is 0 Å². The fourth-order valence-corrected chi connectivity index (χ4v) is 3.83. The van der Waals surface area contributed by atoms with Gasteiger partial charge in [0, 0.05) is 23.2 Å². The van der Waals surface area contributed by atoms with Crippen LogP contribution in [-0.2, 0) is 13.2 Å². The third-order valence-electron chi connectivity index (χ3n) is 5.05. The van der Waals surface area contributed by atoms with Gasteiger partial charge < -0.3 is 14.8 Å². The molecule has 29 heavy (non-hydrogen) atoms. The summed E-state index contributed by atoms with van der Waals surface area (Å²) in [5.74, 6) is 0.740. The Morgan fingerprint density at radius 1 is 1.03 bits per heavy atom. The molecular formula is C23H26Cl2FNO2. The third kappa shape index (κ3) is 6.36. The van der Waals surface area contributed by atoms with Crippen LogP contribution < -0.4 is 14.8 Å². The lowest BCUT2D eigenvalue weighted by Gasteiger charge is -2.16. The van der Waals surface area contributed by atoms with Gasteiger partial charge in [0.15, 0.2) is 11.5 Å². The van der Waals surface area contributed by atoms with Crippen molar-refractivity contribution in [3.05, 3.63) is 69.0 Å². The van der Waals surface area contributed by atoms with E-state index in [0.717, 1.165) is 18.5 Å². The molecule has 2 aromatic rings. The van der Waals surface area contributed by atoms with Gasteiger partial charge in [0.2, 0.25) is 0 Å². The Hall–Kier alpha value is -1.75. The van der Waals surface area contributed by atoms with Crippen molar-refractivity contribution in [2.75, 3.05) is 13.7 Å². The first-order chi connectivity index (χ1) is 14.1. The molecule has 1 N–H and O–H groups in total. The van der Waals surface area contributed by atoms with Crippen molar-refractivity contribution in [1.29, 1.82) is 0 Å². The van der Waals surface area contributed by atoms with Crippen molar-refractivity contribution in [2.45, 2.75) is 45.3 Å². The van der Waals surface area contributed by atoms with Gasteiger partial charge in [0.05, 0.1) is 12.1 Å². The number of benzene rings is 2. The second-order valence-electron chi connectivity index (χ2n) is 7.15. The van der Waals surface area contributed by atoms with Gasteiger partial charge in [-0.3, -0.25) is 0 Å². The third-order valence-corrected chi connectivity index (χ3v) is 5.76. The molecule has 2 aromatic carbocycles. The molecule has 0 fully saturated rings. The largest absolute Gasteiger partial charge is 0.493 e. The zero-order chi connectivity index (χ0) is 20.6. The van der Waals surface area contributed by atoms with Crippen molar-refractivity contribution >= 4 is 23.2 Å². The predicted octanol–water partition coefficient (Wildman–Crippen LogP) is 6.70. The topological polar surface area (TPSA) is 30.5 Å². The number of methoxy groups -OCH3 is 1. The maximum atomic E-state index is 13.2. The normalized spacial score (nSPS) is 13.9. The lowest BCUT2D eigenvalue weighted by atomic mass is 9.97. The Morgan fingerprint density at radius 2 is 1.86 bits per heavy atom. The van der Waals surface area contributed by atoms with Crippen LogP contribution in [0, 0.1) is 5.82 Å². The maximum Gasteiger partial charge on any atom is 0.163 e. The van der Waals surface area contributed by atoms with E-state index >= 15 is 0 Å². The first-order valence-corrected chi connectivity index (χ1v) is 10.6. The second kappa shape index (κ2) is 10.9. The lowest BCUT2D eigenvalue weighted by molar-refractivity contribution is 0.284. The minimum Gasteiger partial charge on any atom is -0.493 e. The summed E-state index contributed by atoms with van der Waals surface area (Å²) in [4.78, 5) is 0. The number of ether oxygens (including phenoxy) is 2. The summed E-state index contributed by atoms with van der Waals surface area (Å²) >= 11 is 12.5. The van der Waals surface area contributed by atoms with Crippen LogP contribution in [0.4, 0.5) is 4.39 Å². The first-order valence-electron chi connectivity index (χ1n) is 9.88. The molecule has 0 atom stereocenters. The van der Waals surface area contributed by atoms with Crippen LogP contribution >= 0.6 is 23.2 Å². The molecule has 156 valence electrons. The summed E-state index contributed by atoms with van der Waals surface area (Å²) in [6.45, 7) is 1.77. The fourth-order valence-electron chi connectivity index (χ4n) is 3.38. The molecule has 3 nitrogen and oxygen atoms in total. The molecule has 0 spiro atoms. The van der Waals surface area contributed by atoms with E-state index < -0.39 is 0 Å². The van der Waals surface area contributed by atoms with Crippen molar-refractivity contribution < 1.29 is 13.9 Å². The summed E-state index contributed by atoms with van der Waals surface area (Å²) in [5, 5.41) is 4.39. The Labute approximate surface area is 181 Å². The van der Waals surface area contributed by atoms with Crippen molar-refractivity contribution in [2.24, 2.45) is 0 Å². The van der Waals surface area contributed by atoms with E-state index in [1.165, 1.54) is 37.8 Å². The van der Waals surface area contributed by atoms with E-state index in [4.69, 9.17) is 32.7 Å². The molecule has 0 bridgehead atoms. The van der Waals surface area contributed by atoms with Gasteiger partial charge in [-0.2, -0.15) is 0 Å². The molecule has 0 aromatic heterocycles. The highest BCUT2D eigenvalue weighted by Crippen LogP contribution is 2.34. The van der Waals surface area contributed by atoms with E-state index in [0.29, 0.717) is 33.7 Å². The SMILES string of the molecule is COc1cc(CNCCC2=CCCCC2)c(Cl)cc1OCc1ccc(F)cc1Cl. The maximum absolute atomic E-state index is 13.2. The standard InChI is InChI=1S/C23H26Cl2FNO2/c1-28-22-11-18(14-27-10-9-16-5-3-2-4-6-16)21(25)13-23(22)29-15-17-7-8-19(26)12-20(17)24/h5,7-8,11-13,27H,2-4,6,9-10,14-15H2,1H3. The highest BCUT2D eigenvalue weighted by molar-refractivity contribution is 6.31. The van der Waals surface area contributed by atoms with Gasteiger partial charge in [-0.05, 0) is 62.4 Å². The van der Waals surface area contributed by atoms with E-state index in [2.05, 4.69) is 11.4 Å². The van der Waals surface area contributed by atoms with E-state index in [9.17, 15) is 4.39 Å². The first kappa shape index (κ1) is 21.9. The van der Waals surface area contributed by atoms with Crippen LogP contribution in [0.2, 0.25) is 10.0 Å². The van der Waals surface area contributed by atoms with Gasteiger partial charge in [-0.1, -0.05) is 40.9 Å². The molecule has 0 heterocycles. The number of nitrogens with one attached hydrogen (secondary N) is 1. The molecule has 3 rings (SSSR count). The molecule has 1 aliphatic rings. The molecule has 0 saturated carbocycles. The summed E-state index contributed by atoms with van der Waals surface area (Å²) in [5.41, 5.74) is 3.19.